The van der Waals surface area contributed by atoms with Crippen LogP contribution in [0.3, 0.4) is 0 Å². The number of imide groups is 1. The number of ether oxygens (including phenoxy) is 1. The van der Waals surface area contributed by atoms with E-state index in [0.29, 0.717) is 49.0 Å². The number of amides is 3. The molecular weight excluding hydrogens is 348 g/mol. The van der Waals surface area contributed by atoms with Crippen molar-refractivity contribution in [3.05, 3.63) is 35.7 Å². The number of carbonyl (C=O) groups is 2. The van der Waals surface area contributed by atoms with Gasteiger partial charge in [-0.05, 0) is 51.1 Å². The maximum absolute atomic E-state index is 12.9. The molecular formula is C19H22N4O4. The Labute approximate surface area is 156 Å². The summed E-state index contributed by atoms with van der Waals surface area (Å²) in [5, 5.41) is 6.10. The molecule has 2 aromatic rings. The summed E-state index contributed by atoms with van der Waals surface area (Å²) in [7, 11) is 1.60. The zero-order valence-corrected chi connectivity index (χ0v) is 15.4. The lowest BCUT2D eigenvalue weighted by atomic mass is 9.88. The molecule has 8 heteroatoms. The topological polar surface area (TPSA) is 96.7 Å². The highest BCUT2D eigenvalue weighted by Gasteiger charge is 2.51. The molecule has 3 heterocycles. The van der Waals surface area contributed by atoms with Gasteiger partial charge in [0.1, 0.15) is 22.7 Å². The standard InChI is InChI=1S/C19H22N4O4/c1-12-15(21-16(27-12)13-4-3-5-14(10-13)26-2)11-23-17(24)19(22-18(23)25)6-8-20-9-7-19/h3-5,10,20H,6-9,11H2,1-2H3,(H,22,25). The molecule has 0 saturated carbocycles. The van der Waals surface area contributed by atoms with Crippen LogP contribution in [-0.2, 0) is 11.3 Å². The maximum Gasteiger partial charge on any atom is 0.325 e. The second-order valence-electron chi connectivity index (χ2n) is 6.91. The van der Waals surface area contributed by atoms with Crippen molar-refractivity contribution in [2.75, 3.05) is 20.2 Å². The van der Waals surface area contributed by atoms with Crippen LogP contribution in [0.2, 0.25) is 0 Å². The monoisotopic (exact) mass is 370 g/mol. The Morgan fingerprint density at radius 1 is 1.30 bits per heavy atom. The molecule has 4 rings (SSSR count). The van der Waals surface area contributed by atoms with Gasteiger partial charge in [-0.2, -0.15) is 0 Å². The van der Waals surface area contributed by atoms with Gasteiger partial charge in [0, 0.05) is 5.56 Å². The zero-order chi connectivity index (χ0) is 19.0. The van der Waals surface area contributed by atoms with E-state index in [4.69, 9.17) is 9.15 Å². The average molecular weight is 370 g/mol. The van der Waals surface area contributed by atoms with Gasteiger partial charge in [0.25, 0.3) is 5.91 Å². The highest BCUT2D eigenvalue weighted by atomic mass is 16.5. The molecule has 0 unspecified atom stereocenters. The van der Waals surface area contributed by atoms with Gasteiger partial charge in [0.05, 0.1) is 13.7 Å². The van der Waals surface area contributed by atoms with Crippen LogP contribution in [0.1, 0.15) is 24.3 Å². The lowest BCUT2D eigenvalue weighted by molar-refractivity contribution is -0.132. The molecule has 1 spiro atoms. The second kappa shape index (κ2) is 6.70. The van der Waals surface area contributed by atoms with Crippen LogP contribution in [0.25, 0.3) is 11.5 Å². The number of oxazole rings is 1. The van der Waals surface area contributed by atoms with Crippen molar-refractivity contribution in [3.8, 4) is 17.2 Å². The summed E-state index contributed by atoms with van der Waals surface area (Å²) >= 11 is 0. The molecule has 27 heavy (non-hydrogen) atoms. The fourth-order valence-electron chi connectivity index (χ4n) is 3.62. The van der Waals surface area contributed by atoms with E-state index in [0.717, 1.165) is 5.56 Å². The molecule has 2 N–H and O–H groups in total. The summed E-state index contributed by atoms with van der Waals surface area (Å²) in [5.41, 5.74) is 0.563. The Morgan fingerprint density at radius 3 is 2.81 bits per heavy atom. The number of urea groups is 1. The number of rotatable bonds is 4. The number of benzene rings is 1. The van der Waals surface area contributed by atoms with Gasteiger partial charge >= 0.3 is 6.03 Å². The number of methoxy groups -OCH3 is 1. The van der Waals surface area contributed by atoms with Crippen LogP contribution in [0.5, 0.6) is 5.75 Å². The smallest absolute Gasteiger partial charge is 0.325 e. The third-order valence-electron chi connectivity index (χ3n) is 5.22. The minimum atomic E-state index is -0.782. The molecule has 0 radical (unpaired) electrons. The summed E-state index contributed by atoms with van der Waals surface area (Å²) in [6.45, 7) is 3.30. The first-order valence-electron chi connectivity index (χ1n) is 8.98. The number of piperidine rings is 1. The Bertz CT molecular complexity index is 886. The quantitative estimate of drug-likeness (QED) is 0.797. The Hall–Kier alpha value is -2.87. The number of nitrogens with one attached hydrogen (secondary N) is 2. The average Bonchev–Trinajstić information content (AvgIpc) is 3.16. The van der Waals surface area contributed by atoms with Crippen LogP contribution in [0.15, 0.2) is 28.7 Å². The van der Waals surface area contributed by atoms with Crippen molar-refractivity contribution < 1.29 is 18.7 Å². The van der Waals surface area contributed by atoms with Crippen molar-refractivity contribution in [2.45, 2.75) is 31.8 Å². The van der Waals surface area contributed by atoms with Gasteiger partial charge in [-0.15, -0.1) is 0 Å². The number of carbonyl (C=O) groups excluding carboxylic acids is 2. The van der Waals surface area contributed by atoms with Crippen molar-refractivity contribution in [3.63, 3.8) is 0 Å². The Balaban J connectivity index is 1.57. The lowest BCUT2D eigenvalue weighted by Gasteiger charge is -2.31. The molecule has 8 nitrogen and oxygen atoms in total. The predicted molar refractivity (Wildman–Crippen MR) is 97.1 cm³/mol. The Morgan fingerprint density at radius 2 is 2.07 bits per heavy atom. The van der Waals surface area contributed by atoms with Crippen molar-refractivity contribution in [1.82, 2.24) is 20.5 Å². The van der Waals surface area contributed by atoms with Crippen LogP contribution in [0.4, 0.5) is 4.79 Å². The number of aromatic nitrogens is 1. The van der Waals surface area contributed by atoms with E-state index in [2.05, 4.69) is 15.6 Å². The summed E-state index contributed by atoms with van der Waals surface area (Å²) in [5.74, 6) is 1.54. The number of aryl methyl sites for hydroxylation is 1. The Kier molecular flexibility index (Phi) is 4.35. The van der Waals surface area contributed by atoms with E-state index in [1.54, 1.807) is 14.0 Å². The van der Waals surface area contributed by atoms with Crippen LogP contribution in [-0.4, -0.2) is 47.6 Å². The van der Waals surface area contributed by atoms with E-state index < -0.39 is 5.54 Å². The molecule has 142 valence electrons. The van der Waals surface area contributed by atoms with Gasteiger partial charge in [0.2, 0.25) is 5.89 Å². The minimum absolute atomic E-state index is 0.0964. The first-order valence-corrected chi connectivity index (χ1v) is 8.98. The van der Waals surface area contributed by atoms with Crippen LogP contribution >= 0.6 is 0 Å². The summed E-state index contributed by atoms with van der Waals surface area (Å²) < 4.78 is 11.0. The van der Waals surface area contributed by atoms with Gasteiger partial charge in [-0.1, -0.05) is 6.07 Å². The molecule has 0 bridgehead atoms. The molecule has 1 aromatic heterocycles. The fraction of sp³-hybridized carbons (Fsp3) is 0.421. The van der Waals surface area contributed by atoms with Crippen molar-refractivity contribution in [1.29, 1.82) is 0 Å². The van der Waals surface area contributed by atoms with E-state index in [-0.39, 0.29) is 18.5 Å². The van der Waals surface area contributed by atoms with Crippen LogP contribution < -0.4 is 15.4 Å². The van der Waals surface area contributed by atoms with Crippen molar-refractivity contribution >= 4 is 11.9 Å². The predicted octanol–water partition coefficient (Wildman–Crippen LogP) is 1.83. The largest absolute Gasteiger partial charge is 0.497 e. The third kappa shape index (κ3) is 3.06. The third-order valence-corrected chi connectivity index (χ3v) is 5.22. The molecule has 2 aliphatic heterocycles. The zero-order valence-electron chi connectivity index (χ0n) is 15.4. The normalized spacial score (nSPS) is 18.8. The molecule has 2 fully saturated rings. The van der Waals surface area contributed by atoms with E-state index in [1.165, 1.54) is 4.90 Å². The molecule has 2 aliphatic rings. The summed E-state index contributed by atoms with van der Waals surface area (Å²) in [6, 6.07) is 7.02. The number of nitrogens with zero attached hydrogens (tertiary/aromatic N) is 2. The van der Waals surface area contributed by atoms with Gasteiger partial charge in [-0.25, -0.2) is 9.78 Å². The molecule has 0 atom stereocenters. The van der Waals surface area contributed by atoms with E-state index in [1.807, 2.05) is 24.3 Å². The van der Waals surface area contributed by atoms with Gasteiger partial charge in [0.15, 0.2) is 0 Å². The lowest BCUT2D eigenvalue weighted by Crippen LogP contribution is -2.53. The number of hydrogen-bond acceptors (Lipinski definition) is 6. The molecule has 1 aromatic carbocycles. The second-order valence-corrected chi connectivity index (χ2v) is 6.91. The molecule has 3 amide bonds. The summed E-state index contributed by atoms with van der Waals surface area (Å²) in [6.07, 6.45) is 1.20. The van der Waals surface area contributed by atoms with E-state index >= 15 is 0 Å². The van der Waals surface area contributed by atoms with Crippen LogP contribution in [0, 0.1) is 6.92 Å². The maximum atomic E-state index is 12.9. The minimum Gasteiger partial charge on any atom is -0.497 e. The van der Waals surface area contributed by atoms with E-state index in [9.17, 15) is 9.59 Å². The highest BCUT2D eigenvalue weighted by molar-refractivity contribution is 6.07. The van der Waals surface area contributed by atoms with Gasteiger partial charge < -0.3 is 19.8 Å². The first kappa shape index (κ1) is 17.5. The summed E-state index contributed by atoms with van der Waals surface area (Å²) in [4.78, 5) is 31.1. The van der Waals surface area contributed by atoms with Crippen molar-refractivity contribution in [2.24, 2.45) is 0 Å². The number of hydrogen-bond donors (Lipinski definition) is 2. The molecule has 0 aliphatic carbocycles. The van der Waals surface area contributed by atoms with Gasteiger partial charge in [-0.3, -0.25) is 9.69 Å². The fourth-order valence-corrected chi connectivity index (χ4v) is 3.62. The SMILES string of the molecule is COc1cccc(-c2nc(CN3C(=O)NC4(CCNCC4)C3=O)c(C)o2)c1. The first-order chi connectivity index (χ1) is 13.0. The molecule has 2 saturated heterocycles. The highest BCUT2D eigenvalue weighted by Crippen LogP contribution is 2.30.